The molecule has 1 amide bonds. The molecule has 154 valence electrons. The third-order valence-corrected chi connectivity index (χ3v) is 6.93. The maximum absolute atomic E-state index is 12.7. The summed E-state index contributed by atoms with van der Waals surface area (Å²) in [6.07, 6.45) is 4.61. The van der Waals surface area contributed by atoms with E-state index in [0.717, 1.165) is 42.2 Å². The Bertz CT molecular complexity index is 1020. The van der Waals surface area contributed by atoms with E-state index in [-0.39, 0.29) is 17.6 Å². The molecule has 0 aliphatic carbocycles. The highest BCUT2D eigenvalue weighted by molar-refractivity contribution is 7.10. The summed E-state index contributed by atoms with van der Waals surface area (Å²) in [5.41, 5.74) is 0.782. The molecule has 0 saturated heterocycles. The van der Waals surface area contributed by atoms with Crippen LogP contribution in [-0.4, -0.2) is 31.3 Å². The summed E-state index contributed by atoms with van der Waals surface area (Å²) in [6, 6.07) is 4.25. The zero-order valence-corrected chi connectivity index (χ0v) is 18.1. The number of rotatable bonds is 7. The minimum Gasteiger partial charge on any atom is -0.353 e. The van der Waals surface area contributed by atoms with Crippen LogP contribution in [0.5, 0.6) is 0 Å². The van der Waals surface area contributed by atoms with Gasteiger partial charge in [-0.05, 0) is 44.1 Å². The second kappa shape index (κ2) is 9.04. The molecule has 1 atom stereocenters. The first-order valence-corrected chi connectivity index (χ1v) is 11.7. The molecule has 7 nitrogen and oxygen atoms in total. The van der Waals surface area contributed by atoms with Gasteiger partial charge >= 0.3 is 5.69 Å². The molecule has 0 aromatic carbocycles. The lowest BCUT2D eigenvalue weighted by molar-refractivity contribution is -0.122. The van der Waals surface area contributed by atoms with E-state index in [4.69, 9.17) is 0 Å². The van der Waals surface area contributed by atoms with Crippen LogP contribution in [0.15, 0.2) is 27.7 Å². The zero-order valence-electron chi connectivity index (χ0n) is 16.5. The van der Waals surface area contributed by atoms with Crippen LogP contribution in [0.4, 0.5) is 0 Å². The molecule has 1 aliphatic rings. The lowest BCUT2D eigenvalue weighted by atomic mass is 10.1. The first-order valence-electron chi connectivity index (χ1n) is 9.98. The van der Waals surface area contributed by atoms with Gasteiger partial charge in [-0.2, -0.15) is 5.10 Å². The lowest BCUT2D eigenvalue weighted by Gasteiger charge is -2.16. The highest BCUT2D eigenvalue weighted by Gasteiger charge is 2.22. The summed E-state index contributed by atoms with van der Waals surface area (Å²) in [7, 11) is 0. The minimum absolute atomic E-state index is 0.0893. The number of hydrogen-bond acceptors (Lipinski definition) is 6. The highest BCUT2D eigenvalue weighted by atomic mass is 32.1. The predicted octanol–water partition coefficient (Wildman–Crippen LogP) is 2.76. The number of fused-ring (bicyclic) bond motifs is 1. The Morgan fingerprint density at radius 2 is 2.24 bits per heavy atom. The third-order valence-electron chi connectivity index (χ3n) is 5.17. The SMILES string of the molecule is Cc1nc(Cn2nc3n(c2=O)CCC(NC(=O)CCCc2cccs2)CC3)cs1. The standard InChI is InChI=1S/C20H25N5O2S2/c1-14-21-16(13-29-14)12-25-20(27)24-10-9-15(7-8-18(24)23-25)22-19(26)6-2-4-17-5-3-11-28-17/h3,5,11,13,15H,2,4,6-10,12H2,1H3,(H,22,26). The Morgan fingerprint density at radius 1 is 1.34 bits per heavy atom. The van der Waals surface area contributed by atoms with Crippen LogP contribution >= 0.6 is 22.7 Å². The molecule has 1 unspecified atom stereocenters. The minimum atomic E-state index is -0.0893. The van der Waals surface area contributed by atoms with Gasteiger partial charge in [0.1, 0.15) is 5.82 Å². The average molecular weight is 432 g/mol. The summed E-state index contributed by atoms with van der Waals surface area (Å²) in [6.45, 7) is 2.95. The Hall–Kier alpha value is -2.26. The molecular weight excluding hydrogens is 406 g/mol. The van der Waals surface area contributed by atoms with Crippen LogP contribution in [0.25, 0.3) is 0 Å². The van der Waals surface area contributed by atoms with Gasteiger partial charge in [-0.15, -0.1) is 22.7 Å². The number of aromatic nitrogens is 4. The smallest absolute Gasteiger partial charge is 0.346 e. The fourth-order valence-corrected chi connectivity index (χ4v) is 5.04. The van der Waals surface area contributed by atoms with Gasteiger partial charge in [0.2, 0.25) is 5.91 Å². The largest absolute Gasteiger partial charge is 0.353 e. The monoisotopic (exact) mass is 431 g/mol. The van der Waals surface area contributed by atoms with Crippen molar-refractivity contribution in [3.8, 4) is 0 Å². The second-order valence-corrected chi connectivity index (χ2v) is 9.49. The van der Waals surface area contributed by atoms with Gasteiger partial charge in [0.15, 0.2) is 0 Å². The summed E-state index contributed by atoms with van der Waals surface area (Å²) < 4.78 is 3.26. The molecule has 29 heavy (non-hydrogen) atoms. The van der Waals surface area contributed by atoms with Crippen molar-refractivity contribution in [2.24, 2.45) is 0 Å². The number of aryl methyl sites for hydroxylation is 3. The van der Waals surface area contributed by atoms with Gasteiger partial charge in [-0.25, -0.2) is 14.5 Å². The number of nitrogens with zero attached hydrogens (tertiary/aromatic N) is 4. The van der Waals surface area contributed by atoms with Crippen molar-refractivity contribution in [3.05, 3.63) is 54.8 Å². The lowest BCUT2D eigenvalue weighted by Crippen LogP contribution is -2.35. The van der Waals surface area contributed by atoms with Crippen LogP contribution in [-0.2, 0) is 30.7 Å². The van der Waals surface area contributed by atoms with E-state index in [9.17, 15) is 9.59 Å². The van der Waals surface area contributed by atoms with Crippen molar-refractivity contribution >= 4 is 28.6 Å². The Labute approximate surface area is 177 Å². The highest BCUT2D eigenvalue weighted by Crippen LogP contribution is 2.15. The maximum atomic E-state index is 12.7. The molecule has 3 aromatic heterocycles. The number of thiophene rings is 1. The van der Waals surface area contributed by atoms with Crippen LogP contribution < -0.4 is 11.0 Å². The number of thiazole rings is 1. The molecule has 1 aliphatic heterocycles. The molecule has 1 N–H and O–H groups in total. The number of amides is 1. The quantitative estimate of drug-likeness (QED) is 0.624. The van der Waals surface area contributed by atoms with Crippen LogP contribution in [0.3, 0.4) is 0 Å². The molecule has 0 radical (unpaired) electrons. The number of nitrogens with one attached hydrogen (secondary N) is 1. The van der Waals surface area contributed by atoms with Gasteiger partial charge in [0, 0.05) is 35.7 Å². The van der Waals surface area contributed by atoms with E-state index in [1.165, 1.54) is 9.56 Å². The summed E-state index contributed by atoms with van der Waals surface area (Å²) in [5.74, 6) is 0.902. The summed E-state index contributed by atoms with van der Waals surface area (Å²) >= 11 is 3.31. The topological polar surface area (TPSA) is 81.8 Å². The van der Waals surface area contributed by atoms with E-state index in [0.29, 0.717) is 25.9 Å². The number of carbonyl (C=O) groups is 1. The summed E-state index contributed by atoms with van der Waals surface area (Å²) in [5, 5.41) is 12.7. The molecule has 3 aromatic rings. The normalized spacial score (nSPS) is 16.4. The average Bonchev–Trinajstić information content (AvgIpc) is 3.38. The van der Waals surface area contributed by atoms with Gasteiger partial charge in [-0.1, -0.05) is 6.07 Å². The maximum Gasteiger partial charge on any atom is 0.346 e. The number of hydrogen-bond donors (Lipinski definition) is 1. The molecule has 0 saturated carbocycles. The van der Waals surface area contributed by atoms with Crippen molar-refractivity contribution in [1.82, 2.24) is 24.6 Å². The fourth-order valence-electron chi connectivity index (χ4n) is 3.69. The van der Waals surface area contributed by atoms with E-state index < -0.39 is 0 Å². The Balaban J connectivity index is 1.29. The van der Waals surface area contributed by atoms with Crippen LogP contribution in [0.2, 0.25) is 0 Å². The van der Waals surface area contributed by atoms with Crippen LogP contribution in [0, 0.1) is 6.92 Å². The molecule has 0 bridgehead atoms. The Kier molecular flexibility index (Phi) is 6.25. The van der Waals surface area contributed by atoms with Crippen molar-refractivity contribution in [3.63, 3.8) is 0 Å². The number of carbonyl (C=O) groups excluding carboxylic acids is 1. The van der Waals surface area contributed by atoms with Crippen molar-refractivity contribution in [2.45, 2.75) is 64.6 Å². The second-order valence-electron chi connectivity index (χ2n) is 7.39. The molecule has 0 spiro atoms. The summed E-state index contributed by atoms with van der Waals surface area (Å²) in [4.78, 5) is 30.7. The van der Waals surface area contributed by atoms with Crippen molar-refractivity contribution < 1.29 is 4.79 Å². The van der Waals surface area contributed by atoms with E-state index in [2.05, 4.69) is 26.8 Å². The fraction of sp³-hybridized carbons (Fsp3) is 0.500. The third kappa shape index (κ3) is 5.02. The van der Waals surface area contributed by atoms with Crippen molar-refractivity contribution in [1.29, 1.82) is 0 Å². The van der Waals surface area contributed by atoms with E-state index in [1.807, 2.05) is 18.4 Å². The van der Waals surface area contributed by atoms with Crippen LogP contribution in [0.1, 0.15) is 47.1 Å². The van der Waals surface area contributed by atoms with Gasteiger partial charge in [0.05, 0.1) is 17.2 Å². The van der Waals surface area contributed by atoms with E-state index in [1.54, 1.807) is 27.2 Å². The zero-order chi connectivity index (χ0) is 20.2. The molecule has 0 fully saturated rings. The molecule has 4 rings (SSSR count). The predicted molar refractivity (Wildman–Crippen MR) is 115 cm³/mol. The molecule has 9 heteroatoms. The first-order chi connectivity index (χ1) is 14.1. The molecular formula is C20H25N5O2S2. The van der Waals surface area contributed by atoms with Crippen molar-refractivity contribution in [2.75, 3.05) is 0 Å². The van der Waals surface area contributed by atoms with Gasteiger partial charge in [-0.3, -0.25) is 9.36 Å². The van der Waals surface area contributed by atoms with E-state index >= 15 is 0 Å². The Morgan fingerprint density at radius 3 is 3.00 bits per heavy atom. The molecule has 4 heterocycles. The van der Waals surface area contributed by atoms with Gasteiger partial charge in [0.25, 0.3) is 0 Å². The first kappa shape index (κ1) is 20.0. The van der Waals surface area contributed by atoms with Gasteiger partial charge < -0.3 is 5.32 Å².